The largest absolute Gasteiger partial charge is 0.469 e. The first-order chi connectivity index (χ1) is 9.31. The van der Waals surface area contributed by atoms with Crippen LogP contribution < -0.4 is 0 Å². The van der Waals surface area contributed by atoms with Crippen molar-refractivity contribution in [1.82, 2.24) is 0 Å². The Kier molecular flexibility index (Phi) is 3.71. The van der Waals surface area contributed by atoms with E-state index in [0.29, 0.717) is 18.4 Å². The number of hydrogen-bond donors (Lipinski definition) is 0. The standard InChI is InChI=1S/C15H20O5/c1-15(2)7-12(16)10-5-8(13(17)19-3)9(6-11(10)15)14(18)20-4/h5,8-9,11H,6-7H2,1-4H3/t8-,9-,11+/m0/s1. The van der Waals surface area contributed by atoms with Gasteiger partial charge in [-0.25, -0.2) is 0 Å². The van der Waals surface area contributed by atoms with E-state index in [2.05, 4.69) is 0 Å². The van der Waals surface area contributed by atoms with Gasteiger partial charge in [0.25, 0.3) is 0 Å². The molecule has 0 saturated heterocycles. The molecule has 0 aromatic carbocycles. The molecule has 2 aliphatic rings. The number of fused-ring (bicyclic) bond motifs is 1. The van der Waals surface area contributed by atoms with Gasteiger partial charge in [-0.1, -0.05) is 19.9 Å². The summed E-state index contributed by atoms with van der Waals surface area (Å²) in [5.41, 5.74) is 0.488. The third-order valence-corrected chi connectivity index (χ3v) is 4.52. The van der Waals surface area contributed by atoms with Crippen LogP contribution in [0.2, 0.25) is 0 Å². The van der Waals surface area contributed by atoms with Crippen molar-refractivity contribution in [3.63, 3.8) is 0 Å². The summed E-state index contributed by atoms with van der Waals surface area (Å²) >= 11 is 0. The molecule has 0 bridgehead atoms. The Morgan fingerprint density at radius 2 is 1.80 bits per heavy atom. The van der Waals surface area contributed by atoms with Crippen LogP contribution in [-0.4, -0.2) is 31.9 Å². The smallest absolute Gasteiger partial charge is 0.313 e. The van der Waals surface area contributed by atoms with E-state index in [1.807, 2.05) is 13.8 Å². The monoisotopic (exact) mass is 280 g/mol. The van der Waals surface area contributed by atoms with Crippen LogP contribution in [0.25, 0.3) is 0 Å². The number of carbonyl (C=O) groups is 3. The molecular formula is C15H20O5. The van der Waals surface area contributed by atoms with Gasteiger partial charge >= 0.3 is 11.9 Å². The number of hydrogen-bond acceptors (Lipinski definition) is 5. The molecule has 2 rings (SSSR count). The fourth-order valence-electron chi connectivity index (χ4n) is 3.38. The van der Waals surface area contributed by atoms with E-state index in [0.717, 1.165) is 0 Å². The van der Waals surface area contributed by atoms with Gasteiger partial charge in [0.05, 0.1) is 26.1 Å². The number of ether oxygens (including phenoxy) is 2. The van der Waals surface area contributed by atoms with Gasteiger partial charge in [-0.05, 0) is 23.3 Å². The maximum Gasteiger partial charge on any atom is 0.313 e. The van der Waals surface area contributed by atoms with Crippen molar-refractivity contribution < 1.29 is 23.9 Å². The maximum absolute atomic E-state index is 12.1. The second-order valence-electron chi connectivity index (χ2n) is 6.18. The van der Waals surface area contributed by atoms with Gasteiger partial charge in [0.15, 0.2) is 5.78 Å². The Hall–Kier alpha value is -1.65. The molecule has 2 aliphatic carbocycles. The lowest BCUT2D eigenvalue weighted by Gasteiger charge is -2.34. The number of rotatable bonds is 2. The lowest BCUT2D eigenvalue weighted by Crippen LogP contribution is -2.37. The highest BCUT2D eigenvalue weighted by Gasteiger charge is 2.51. The molecule has 0 amide bonds. The molecule has 0 spiro atoms. The molecule has 3 atom stereocenters. The molecule has 0 unspecified atom stereocenters. The average molecular weight is 280 g/mol. The Morgan fingerprint density at radius 3 is 2.35 bits per heavy atom. The molecule has 1 saturated carbocycles. The van der Waals surface area contributed by atoms with E-state index in [1.165, 1.54) is 14.2 Å². The van der Waals surface area contributed by atoms with E-state index in [-0.39, 0.29) is 17.1 Å². The summed E-state index contributed by atoms with van der Waals surface area (Å²) in [5.74, 6) is -2.16. The van der Waals surface area contributed by atoms with Crippen molar-refractivity contribution in [2.75, 3.05) is 14.2 Å². The molecular weight excluding hydrogens is 260 g/mol. The Balaban J connectivity index is 2.42. The summed E-state index contributed by atoms with van der Waals surface area (Å²) < 4.78 is 9.54. The van der Waals surface area contributed by atoms with Crippen LogP contribution in [0.1, 0.15) is 26.7 Å². The van der Waals surface area contributed by atoms with Gasteiger partial charge in [-0.3, -0.25) is 14.4 Å². The molecule has 0 aliphatic heterocycles. The summed E-state index contributed by atoms with van der Waals surface area (Å²) in [6, 6.07) is 0. The average Bonchev–Trinajstić information content (AvgIpc) is 2.65. The maximum atomic E-state index is 12.1. The lowest BCUT2D eigenvalue weighted by atomic mass is 9.69. The molecule has 5 nitrogen and oxygen atoms in total. The van der Waals surface area contributed by atoms with Crippen molar-refractivity contribution in [2.45, 2.75) is 26.7 Å². The number of allylic oxidation sites excluding steroid dienone is 1. The van der Waals surface area contributed by atoms with Gasteiger partial charge in [0.1, 0.15) is 0 Å². The number of methoxy groups -OCH3 is 2. The van der Waals surface area contributed by atoms with Crippen molar-refractivity contribution in [3.05, 3.63) is 11.6 Å². The highest BCUT2D eigenvalue weighted by molar-refractivity contribution is 6.00. The quantitative estimate of drug-likeness (QED) is 0.717. The summed E-state index contributed by atoms with van der Waals surface area (Å²) in [5, 5.41) is 0. The molecule has 5 heteroatoms. The first-order valence-corrected chi connectivity index (χ1v) is 6.72. The van der Waals surface area contributed by atoms with Crippen LogP contribution in [0.3, 0.4) is 0 Å². The van der Waals surface area contributed by atoms with Crippen LogP contribution in [-0.2, 0) is 23.9 Å². The van der Waals surface area contributed by atoms with Crippen molar-refractivity contribution in [3.8, 4) is 0 Å². The second-order valence-corrected chi connectivity index (χ2v) is 6.18. The van der Waals surface area contributed by atoms with E-state index >= 15 is 0 Å². The van der Waals surface area contributed by atoms with E-state index in [4.69, 9.17) is 9.47 Å². The number of esters is 2. The first kappa shape index (κ1) is 14.8. The van der Waals surface area contributed by atoms with Gasteiger partial charge < -0.3 is 9.47 Å². The van der Waals surface area contributed by atoms with Crippen LogP contribution in [0.5, 0.6) is 0 Å². The minimum absolute atomic E-state index is 0.00000567. The summed E-state index contributed by atoms with van der Waals surface area (Å²) in [6.45, 7) is 4.03. The van der Waals surface area contributed by atoms with Crippen molar-refractivity contribution in [2.24, 2.45) is 23.2 Å². The fraction of sp³-hybridized carbons (Fsp3) is 0.667. The SMILES string of the molecule is COC(=O)[C@H]1C=C2C(=O)CC(C)(C)[C@@H]2C[C@@H]1C(=O)OC. The first-order valence-electron chi connectivity index (χ1n) is 6.72. The van der Waals surface area contributed by atoms with E-state index in [9.17, 15) is 14.4 Å². The summed E-state index contributed by atoms with van der Waals surface area (Å²) in [6.07, 6.45) is 2.53. The fourth-order valence-corrected chi connectivity index (χ4v) is 3.38. The van der Waals surface area contributed by atoms with Gasteiger partial charge in [0.2, 0.25) is 0 Å². The topological polar surface area (TPSA) is 69.7 Å². The molecule has 0 heterocycles. The van der Waals surface area contributed by atoms with Crippen LogP contribution in [0, 0.1) is 23.2 Å². The third kappa shape index (κ3) is 2.25. The van der Waals surface area contributed by atoms with E-state index < -0.39 is 23.8 Å². The Morgan fingerprint density at radius 1 is 1.20 bits per heavy atom. The van der Waals surface area contributed by atoms with Crippen molar-refractivity contribution in [1.29, 1.82) is 0 Å². The number of Topliss-reactive ketones (excluding diaryl/α,β-unsaturated/α-hetero) is 1. The zero-order valence-corrected chi connectivity index (χ0v) is 12.3. The predicted molar refractivity (Wildman–Crippen MR) is 70.6 cm³/mol. The van der Waals surface area contributed by atoms with Crippen LogP contribution >= 0.6 is 0 Å². The van der Waals surface area contributed by atoms with Crippen LogP contribution in [0.4, 0.5) is 0 Å². The van der Waals surface area contributed by atoms with Gasteiger partial charge in [-0.2, -0.15) is 0 Å². The highest BCUT2D eigenvalue weighted by Crippen LogP contribution is 2.51. The minimum atomic E-state index is -0.725. The molecule has 110 valence electrons. The zero-order valence-electron chi connectivity index (χ0n) is 12.3. The molecule has 0 N–H and O–H groups in total. The summed E-state index contributed by atoms with van der Waals surface area (Å²) in [7, 11) is 2.59. The van der Waals surface area contributed by atoms with Crippen molar-refractivity contribution >= 4 is 17.7 Å². The predicted octanol–water partition coefficient (Wildman–Crippen LogP) is 1.51. The Bertz CT molecular complexity index is 488. The molecule has 0 radical (unpaired) electrons. The molecule has 0 aromatic rings. The lowest BCUT2D eigenvalue weighted by molar-refractivity contribution is -0.157. The molecule has 1 fully saturated rings. The van der Waals surface area contributed by atoms with Gasteiger partial charge in [0, 0.05) is 6.42 Å². The zero-order chi connectivity index (χ0) is 15.1. The van der Waals surface area contributed by atoms with Crippen LogP contribution in [0.15, 0.2) is 11.6 Å². The molecule has 0 aromatic heterocycles. The normalized spacial score (nSPS) is 31.3. The van der Waals surface area contributed by atoms with E-state index in [1.54, 1.807) is 6.08 Å². The molecule has 20 heavy (non-hydrogen) atoms. The summed E-state index contributed by atoms with van der Waals surface area (Å²) in [4.78, 5) is 35.9. The minimum Gasteiger partial charge on any atom is -0.469 e. The Labute approximate surface area is 118 Å². The highest BCUT2D eigenvalue weighted by atomic mass is 16.5. The van der Waals surface area contributed by atoms with Gasteiger partial charge in [-0.15, -0.1) is 0 Å². The second kappa shape index (κ2) is 5.04. The third-order valence-electron chi connectivity index (χ3n) is 4.52. The number of ketones is 1. The number of carbonyl (C=O) groups excluding carboxylic acids is 3.